The van der Waals surface area contributed by atoms with E-state index in [4.69, 9.17) is 12.2 Å². The molecule has 1 aliphatic rings. The molecule has 0 aliphatic carbocycles. The van der Waals surface area contributed by atoms with E-state index in [0.717, 1.165) is 48.3 Å². The Morgan fingerprint density at radius 1 is 0.971 bits per heavy atom. The van der Waals surface area contributed by atoms with Gasteiger partial charge in [-0.05, 0) is 49.0 Å². The largest absolute Gasteiger partial charge is 0.493 e. The fourth-order valence-corrected chi connectivity index (χ4v) is 4.73. The average molecular weight is 486 g/mol. The second-order valence-electron chi connectivity index (χ2n) is 8.79. The lowest BCUT2D eigenvalue weighted by Crippen LogP contribution is -3.14. The molecule has 1 fully saturated rings. The van der Waals surface area contributed by atoms with Gasteiger partial charge in [0.2, 0.25) is 11.0 Å². The molecule has 35 heavy (non-hydrogen) atoms. The summed E-state index contributed by atoms with van der Waals surface area (Å²) in [6.45, 7) is 6.60. The summed E-state index contributed by atoms with van der Waals surface area (Å²) >= 11 is 5.38. The van der Waals surface area contributed by atoms with Crippen molar-refractivity contribution in [3.05, 3.63) is 84.4 Å². The first kappa shape index (κ1) is 23.0. The molecule has 7 nitrogen and oxygen atoms in total. The lowest BCUT2D eigenvalue weighted by Gasteiger charge is -2.33. The Hall–Kier alpha value is -3.75. The van der Waals surface area contributed by atoms with Crippen LogP contribution in [0.15, 0.2) is 89.1 Å². The highest BCUT2D eigenvalue weighted by molar-refractivity contribution is 7.80. The van der Waals surface area contributed by atoms with Gasteiger partial charge in [-0.3, -0.25) is 4.57 Å². The van der Waals surface area contributed by atoms with Crippen LogP contribution in [-0.4, -0.2) is 41.0 Å². The van der Waals surface area contributed by atoms with Gasteiger partial charge in [-0.15, -0.1) is 10.2 Å². The van der Waals surface area contributed by atoms with Crippen LogP contribution < -0.4 is 15.1 Å². The van der Waals surface area contributed by atoms with Crippen molar-refractivity contribution in [3.63, 3.8) is 0 Å². The number of benzene rings is 3. The maximum absolute atomic E-state index is 11.1. The van der Waals surface area contributed by atoms with Crippen molar-refractivity contribution in [1.29, 1.82) is 0 Å². The third-order valence-corrected chi connectivity index (χ3v) is 6.70. The zero-order valence-corrected chi connectivity index (χ0v) is 20.5. The SMILES string of the molecule is Cc1ccccc1NC(=S)N=Nc1c(O)n(C[NH+]2CCN(c3ccccc3)CC2)c2ccccc12. The van der Waals surface area contributed by atoms with E-state index in [1.165, 1.54) is 10.6 Å². The number of thiocarbonyl (C=S) groups is 1. The summed E-state index contributed by atoms with van der Waals surface area (Å²) in [7, 11) is 0. The van der Waals surface area contributed by atoms with E-state index in [1.807, 2.05) is 66.1 Å². The third-order valence-electron chi connectivity index (χ3n) is 6.52. The number of quaternary nitrogens is 1. The summed E-state index contributed by atoms with van der Waals surface area (Å²) < 4.78 is 1.94. The highest BCUT2D eigenvalue weighted by atomic mass is 32.1. The summed E-state index contributed by atoms with van der Waals surface area (Å²) in [5.41, 5.74) is 4.60. The molecule has 1 saturated heterocycles. The topological polar surface area (TPSA) is 69.6 Å². The zero-order valence-electron chi connectivity index (χ0n) is 19.7. The van der Waals surface area contributed by atoms with Gasteiger partial charge in [0.1, 0.15) is 0 Å². The van der Waals surface area contributed by atoms with Gasteiger partial charge in [-0.2, -0.15) is 0 Å². The van der Waals surface area contributed by atoms with Crippen LogP contribution in [0.2, 0.25) is 0 Å². The van der Waals surface area contributed by atoms with Crippen LogP contribution in [0.25, 0.3) is 10.9 Å². The molecular weight excluding hydrogens is 456 g/mol. The summed E-state index contributed by atoms with van der Waals surface area (Å²) in [5.74, 6) is 0.117. The number of aromatic nitrogens is 1. The summed E-state index contributed by atoms with van der Waals surface area (Å²) in [6, 6.07) is 26.3. The fraction of sp³-hybridized carbons (Fsp3) is 0.222. The van der Waals surface area contributed by atoms with Gasteiger partial charge in [-0.25, -0.2) is 0 Å². The van der Waals surface area contributed by atoms with Crippen LogP contribution in [-0.2, 0) is 6.67 Å². The monoisotopic (exact) mass is 485 g/mol. The third kappa shape index (κ3) is 5.03. The van der Waals surface area contributed by atoms with E-state index in [9.17, 15) is 5.11 Å². The van der Waals surface area contributed by atoms with Crippen LogP contribution >= 0.6 is 12.2 Å². The molecule has 3 aromatic carbocycles. The Kier molecular flexibility index (Phi) is 6.74. The molecule has 0 spiro atoms. The van der Waals surface area contributed by atoms with Crippen LogP contribution in [0.3, 0.4) is 0 Å². The quantitative estimate of drug-likeness (QED) is 0.288. The highest BCUT2D eigenvalue weighted by Crippen LogP contribution is 2.38. The number of piperazine rings is 1. The Balaban J connectivity index is 1.32. The maximum Gasteiger partial charge on any atom is 0.225 e. The zero-order chi connectivity index (χ0) is 24.2. The first-order valence-corrected chi connectivity index (χ1v) is 12.2. The standard InChI is InChI=1S/C27H28N6OS/c1-20-9-5-7-13-23(20)28-27(35)30-29-25-22-12-6-8-14-24(22)33(26(25)34)19-31-15-17-32(18-16-31)21-10-3-2-4-11-21/h2-14,34H,15-19H2,1H3,(H,28,35)/p+1. The number of nitrogens with zero attached hydrogens (tertiary/aromatic N) is 4. The molecule has 0 amide bonds. The first-order chi connectivity index (χ1) is 17.1. The number of fused-ring (bicyclic) bond motifs is 1. The minimum absolute atomic E-state index is 0.117. The predicted octanol–water partition coefficient (Wildman–Crippen LogP) is 4.50. The van der Waals surface area contributed by atoms with E-state index < -0.39 is 0 Å². The van der Waals surface area contributed by atoms with Crippen molar-refractivity contribution < 1.29 is 10.0 Å². The summed E-state index contributed by atoms with van der Waals surface area (Å²) in [5, 5.41) is 23.9. The lowest BCUT2D eigenvalue weighted by atomic mass is 10.2. The Morgan fingerprint density at radius 3 is 2.43 bits per heavy atom. The van der Waals surface area contributed by atoms with Gasteiger partial charge in [-0.1, -0.05) is 54.6 Å². The minimum Gasteiger partial charge on any atom is -0.493 e. The Morgan fingerprint density at radius 2 is 1.66 bits per heavy atom. The van der Waals surface area contributed by atoms with Crippen molar-refractivity contribution in [2.24, 2.45) is 10.2 Å². The van der Waals surface area contributed by atoms with Crippen LogP contribution in [0.1, 0.15) is 5.56 Å². The van der Waals surface area contributed by atoms with Crippen molar-refractivity contribution in [1.82, 2.24) is 4.57 Å². The first-order valence-electron chi connectivity index (χ1n) is 11.8. The summed E-state index contributed by atoms with van der Waals surface area (Å²) in [4.78, 5) is 3.83. The van der Waals surface area contributed by atoms with Crippen LogP contribution in [0.4, 0.5) is 17.1 Å². The predicted molar refractivity (Wildman–Crippen MR) is 145 cm³/mol. The fourth-order valence-electron chi connectivity index (χ4n) is 4.58. The molecule has 1 aliphatic heterocycles. The van der Waals surface area contributed by atoms with Crippen molar-refractivity contribution in [2.45, 2.75) is 13.6 Å². The van der Waals surface area contributed by atoms with E-state index in [1.54, 1.807) is 0 Å². The number of azo groups is 1. The van der Waals surface area contributed by atoms with Gasteiger partial charge >= 0.3 is 0 Å². The number of aryl methyl sites for hydroxylation is 1. The molecule has 0 radical (unpaired) electrons. The summed E-state index contributed by atoms with van der Waals surface area (Å²) in [6.07, 6.45) is 0. The number of para-hydroxylation sites is 3. The molecule has 0 saturated carbocycles. The van der Waals surface area contributed by atoms with Crippen molar-refractivity contribution in [2.75, 3.05) is 36.4 Å². The number of nitrogens with one attached hydrogen (secondary N) is 2. The molecule has 0 atom stereocenters. The normalized spacial score (nSPS) is 14.6. The molecule has 8 heteroatoms. The molecule has 5 rings (SSSR count). The molecule has 0 unspecified atom stereocenters. The molecule has 2 heterocycles. The minimum atomic E-state index is 0.117. The van der Waals surface area contributed by atoms with Gasteiger partial charge in [0.25, 0.3) is 0 Å². The van der Waals surface area contributed by atoms with E-state index in [2.05, 4.69) is 44.7 Å². The highest BCUT2D eigenvalue weighted by Gasteiger charge is 2.24. The molecule has 4 aromatic rings. The Labute approximate surface area is 210 Å². The number of anilines is 2. The van der Waals surface area contributed by atoms with Crippen LogP contribution in [0, 0.1) is 6.92 Å². The van der Waals surface area contributed by atoms with Crippen molar-refractivity contribution >= 4 is 45.3 Å². The Bertz CT molecular complexity index is 1360. The molecule has 1 aromatic heterocycles. The number of rotatable bonds is 5. The van der Waals surface area contributed by atoms with Crippen LogP contribution in [0.5, 0.6) is 5.88 Å². The molecular formula is C27H29N6OS+. The lowest BCUT2D eigenvalue weighted by molar-refractivity contribution is -0.923. The average Bonchev–Trinajstić information content (AvgIpc) is 3.15. The van der Waals surface area contributed by atoms with E-state index in [0.29, 0.717) is 12.4 Å². The second-order valence-corrected chi connectivity index (χ2v) is 9.18. The van der Waals surface area contributed by atoms with Gasteiger partial charge in [0, 0.05) is 16.8 Å². The molecule has 3 N–H and O–H groups in total. The van der Waals surface area contributed by atoms with Gasteiger partial charge < -0.3 is 20.2 Å². The van der Waals surface area contributed by atoms with Crippen molar-refractivity contribution in [3.8, 4) is 5.88 Å². The van der Waals surface area contributed by atoms with Gasteiger partial charge in [0.15, 0.2) is 12.4 Å². The van der Waals surface area contributed by atoms with Gasteiger partial charge in [0.05, 0.1) is 31.7 Å². The number of hydrogen-bond acceptors (Lipinski definition) is 4. The smallest absolute Gasteiger partial charge is 0.225 e. The number of hydrogen-bond donors (Lipinski definition) is 3. The maximum atomic E-state index is 11.1. The number of aromatic hydroxyl groups is 1. The van der Waals surface area contributed by atoms with E-state index in [-0.39, 0.29) is 11.0 Å². The molecule has 178 valence electrons. The molecule has 0 bridgehead atoms. The van der Waals surface area contributed by atoms with E-state index >= 15 is 0 Å². The second kappa shape index (κ2) is 10.2.